The van der Waals surface area contributed by atoms with Gasteiger partial charge in [0.25, 0.3) is 0 Å². The van der Waals surface area contributed by atoms with Crippen LogP contribution in [0.4, 0.5) is 5.69 Å². The number of anilines is 1. The van der Waals surface area contributed by atoms with E-state index in [0.717, 1.165) is 16.6 Å². The number of para-hydroxylation sites is 1. The van der Waals surface area contributed by atoms with Gasteiger partial charge in [-0.3, -0.25) is 4.98 Å². The van der Waals surface area contributed by atoms with Crippen LogP contribution in [0, 0.1) is 11.3 Å². The predicted octanol–water partition coefficient (Wildman–Crippen LogP) is 2.38. The quantitative estimate of drug-likeness (QED) is 0.781. The molecule has 0 saturated carbocycles. The van der Waals surface area contributed by atoms with Crippen molar-refractivity contribution in [2.45, 2.75) is 31.9 Å². The highest BCUT2D eigenvalue weighted by molar-refractivity contribution is 5.94. The van der Waals surface area contributed by atoms with Crippen LogP contribution in [0.5, 0.6) is 0 Å². The molecule has 26 heavy (non-hydrogen) atoms. The maximum absolute atomic E-state index is 11.2. The van der Waals surface area contributed by atoms with Gasteiger partial charge in [0, 0.05) is 30.6 Å². The van der Waals surface area contributed by atoms with Crippen molar-refractivity contribution >= 4 is 16.6 Å². The van der Waals surface area contributed by atoms with E-state index in [1.807, 2.05) is 44.3 Å². The van der Waals surface area contributed by atoms with Crippen LogP contribution in [0.3, 0.4) is 0 Å². The average molecular weight is 348 g/mol. The first-order valence-corrected chi connectivity index (χ1v) is 8.69. The Bertz CT molecular complexity index is 1000. The van der Waals surface area contributed by atoms with E-state index in [1.165, 1.54) is 0 Å². The molecule has 1 unspecified atom stereocenters. The molecule has 1 aliphatic heterocycles. The summed E-state index contributed by atoms with van der Waals surface area (Å²) < 4.78 is 1.75. The molecule has 0 radical (unpaired) electrons. The van der Waals surface area contributed by atoms with E-state index in [9.17, 15) is 10.4 Å². The van der Waals surface area contributed by atoms with Gasteiger partial charge in [0.2, 0.25) is 0 Å². The maximum atomic E-state index is 11.2. The van der Waals surface area contributed by atoms with Crippen LogP contribution < -0.4 is 4.90 Å². The molecule has 1 aliphatic rings. The van der Waals surface area contributed by atoms with Gasteiger partial charge in [-0.2, -0.15) is 5.26 Å². The van der Waals surface area contributed by atoms with Crippen molar-refractivity contribution in [3.8, 4) is 6.07 Å². The fraction of sp³-hybridized carbons (Fsp3) is 0.368. The van der Waals surface area contributed by atoms with Gasteiger partial charge in [-0.1, -0.05) is 23.4 Å². The molecular formula is C19H20N6O. The largest absolute Gasteiger partial charge is 0.381 e. The number of nitrogens with zero attached hydrogens (tertiary/aromatic N) is 6. The van der Waals surface area contributed by atoms with E-state index in [0.29, 0.717) is 30.8 Å². The molecule has 1 fully saturated rings. The van der Waals surface area contributed by atoms with Crippen LogP contribution in [0.2, 0.25) is 0 Å². The normalized spacial score (nSPS) is 20.0. The average Bonchev–Trinajstić information content (AvgIpc) is 3.29. The lowest BCUT2D eigenvalue weighted by Crippen LogP contribution is -2.31. The molecule has 7 heteroatoms. The van der Waals surface area contributed by atoms with Crippen LogP contribution in [-0.4, -0.2) is 38.2 Å². The molecule has 1 N–H and O–H groups in total. The summed E-state index contributed by atoms with van der Waals surface area (Å²) in [7, 11) is 0. The zero-order valence-electron chi connectivity index (χ0n) is 14.8. The third kappa shape index (κ3) is 2.59. The highest BCUT2D eigenvalue weighted by Gasteiger charge is 2.41. The molecule has 0 aliphatic carbocycles. The van der Waals surface area contributed by atoms with Crippen LogP contribution in [-0.2, 0) is 5.60 Å². The first kappa shape index (κ1) is 16.5. The fourth-order valence-corrected chi connectivity index (χ4v) is 3.49. The van der Waals surface area contributed by atoms with Crippen LogP contribution in [0.15, 0.2) is 36.7 Å². The summed E-state index contributed by atoms with van der Waals surface area (Å²) in [5, 5.41) is 29.9. The standard InChI is InChI=1S/C19H20N6O/c1-13(2)25-11-17(22-23-25)19(26)7-8-24(12-19)18-14(9-20)10-21-16-6-4-3-5-15(16)18/h3-6,10-11,13,26H,7-8,12H2,1-2H3. The van der Waals surface area contributed by atoms with E-state index in [4.69, 9.17) is 0 Å². The lowest BCUT2D eigenvalue weighted by molar-refractivity contribution is 0.0559. The Kier molecular flexibility index (Phi) is 3.85. The van der Waals surface area contributed by atoms with E-state index in [1.54, 1.807) is 10.9 Å². The molecular weight excluding hydrogens is 328 g/mol. The first-order chi connectivity index (χ1) is 12.5. The van der Waals surface area contributed by atoms with E-state index >= 15 is 0 Å². The van der Waals surface area contributed by atoms with Gasteiger partial charge in [-0.05, 0) is 19.9 Å². The molecule has 0 bridgehead atoms. The second kappa shape index (κ2) is 6.07. The van der Waals surface area contributed by atoms with Crippen molar-refractivity contribution in [3.05, 3.63) is 47.9 Å². The lowest BCUT2D eigenvalue weighted by atomic mass is 10.00. The first-order valence-electron chi connectivity index (χ1n) is 8.69. The Balaban J connectivity index is 1.73. The number of fused-ring (bicyclic) bond motifs is 1. The number of benzene rings is 1. The van der Waals surface area contributed by atoms with Crippen LogP contribution in [0.1, 0.15) is 37.6 Å². The van der Waals surface area contributed by atoms with Crippen molar-refractivity contribution in [2.24, 2.45) is 0 Å². The van der Waals surface area contributed by atoms with E-state index in [2.05, 4.69) is 26.3 Å². The summed E-state index contributed by atoms with van der Waals surface area (Å²) in [6.07, 6.45) is 3.94. The Morgan fingerprint density at radius 1 is 1.31 bits per heavy atom. The maximum Gasteiger partial charge on any atom is 0.129 e. The van der Waals surface area contributed by atoms with Gasteiger partial charge in [0.1, 0.15) is 17.4 Å². The third-order valence-corrected chi connectivity index (χ3v) is 4.95. The number of β-amino-alcohol motifs (C(OH)–C–C–N with tert-alkyl or cyclic N) is 1. The Labute approximate surface area is 151 Å². The smallest absolute Gasteiger partial charge is 0.129 e. The SMILES string of the molecule is CC(C)n1cc(C2(O)CCN(c3c(C#N)cnc4ccccc34)C2)nn1. The summed E-state index contributed by atoms with van der Waals surface area (Å²) >= 11 is 0. The predicted molar refractivity (Wildman–Crippen MR) is 97.6 cm³/mol. The Hall–Kier alpha value is -2.98. The summed E-state index contributed by atoms with van der Waals surface area (Å²) in [5.41, 5.74) is 1.67. The molecule has 3 aromatic rings. The molecule has 1 saturated heterocycles. The number of hydrogen-bond donors (Lipinski definition) is 1. The number of aromatic nitrogens is 4. The third-order valence-electron chi connectivity index (χ3n) is 4.95. The van der Waals surface area contributed by atoms with Crippen molar-refractivity contribution in [2.75, 3.05) is 18.0 Å². The summed E-state index contributed by atoms with van der Waals surface area (Å²) in [4.78, 5) is 6.42. The van der Waals surface area contributed by atoms with Gasteiger partial charge in [0.05, 0.1) is 29.5 Å². The van der Waals surface area contributed by atoms with E-state index < -0.39 is 5.60 Å². The second-order valence-corrected chi connectivity index (χ2v) is 7.03. The van der Waals surface area contributed by atoms with Gasteiger partial charge < -0.3 is 10.0 Å². The van der Waals surface area contributed by atoms with Crippen LogP contribution in [0.25, 0.3) is 10.9 Å². The zero-order chi connectivity index (χ0) is 18.3. The van der Waals surface area contributed by atoms with Crippen molar-refractivity contribution in [1.29, 1.82) is 5.26 Å². The molecule has 4 rings (SSSR count). The highest BCUT2D eigenvalue weighted by Crippen LogP contribution is 2.38. The van der Waals surface area contributed by atoms with Gasteiger partial charge in [-0.25, -0.2) is 4.68 Å². The van der Waals surface area contributed by atoms with Gasteiger partial charge in [-0.15, -0.1) is 5.10 Å². The molecule has 1 atom stereocenters. The van der Waals surface area contributed by atoms with E-state index in [-0.39, 0.29) is 6.04 Å². The molecule has 0 spiro atoms. The summed E-state index contributed by atoms with van der Waals surface area (Å²) in [6, 6.07) is 10.2. The van der Waals surface area contributed by atoms with Gasteiger partial charge in [0.15, 0.2) is 0 Å². The number of pyridine rings is 1. The molecule has 3 heterocycles. The minimum atomic E-state index is -1.08. The summed E-state index contributed by atoms with van der Waals surface area (Å²) in [6.45, 7) is 5.04. The minimum absolute atomic E-state index is 0.187. The molecule has 2 aromatic heterocycles. The molecule has 1 aromatic carbocycles. The summed E-state index contributed by atoms with van der Waals surface area (Å²) in [5.74, 6) is 0. The number of rotatable bonds is 3. The molecule has 7 nitrogen and oxygen atoms in total. The van der Waals surface area contributed by atoms with Crippen molar-refractivity contribution < 1.29 is 5.11 Å². The molecule has 132 valence electrons. The van der Waals surface area contributed by atoms with Crippen LogP contribution >= 0.6 is 0 Å². The highest BCUT2D eigenvalue weighted by atomic mass is 16.3. The zero-order valence-corrected chi connectivity index (χ0v) is 14.8. The Morgan fingerprint density at radius 2 is 2.12 bits per heavy atom. The second-order valence-electron chi connectivity index (χ2n) is 7.03. The molecule has 0 amide bonds. The topological polar surface area (TPSA) is 90.9 Å². The van der Waals surface area contributed by atoms with Crippen molar-refractivity contribution in [1.82, 2.24) is 20.0 Å². The van der Waals surface area contributed by atoms with Crippen molar-refractivity contribution in [3.63, 3.8) is 0 Å². The minimum Gasteiger partial charge on any atom is -0.381 e. The number of hydrogen-bond acceptors (Lipinski definition) is 6. The lowest BCUT2D eigenvalue weighted by Gasteiger charge is -2.24. The number of nitriles is 1. The number of aliphatic hydroxyl groups is 1. The fourth-order valence-electron chi connectivity index (χ4n) is 3.49. The Morgan fingerprint density at radius 3 is 2.85 bits per heavy atom. The van der Waals surface area contributed by atoms with Gasteiger partial charge >= 0.3 is 0 Å². The monoisotopic (exact) mass is 348 g/mol.